The number of hydrogen-bond acceptors (Lipinski definition) is 4. The summed E-state index contributed by atoms with van der Waals surface area (Å²) in [6.07, 6.45) is 5.04. The Morgan fingerprint density at radius 2 is 1.96 bits per heavy atom. The molecule has 2 aliphatic rings. The normalized spacial score (nSPS) is 20.7. The summed E-state index contributed by atoms with van der Waals surface area (Å²) in [5.74, 6) is -0.793. The molecule has 1 aromatic rings. The molecule has 0 radical (unpaired) electrons. The van der Waals surface area contributed by atoms with Crippen molar-refractivity contribution in [3.63, 3.8) is 0 Å². The van der Waals surface area contributed by atoms with Gasteiger partial charge in [-0.2, -0.15) is 5.26 Å². The fourth-order valence-corrected chi connectivity index (χ4v) is 4.03. The highest BCUT2D eigenvalue weighted by atomic mass is 32.2. The summed E-state index contributed by atoms with van der Waals surface area (Å²) >= 11 is 1.56. The van der Waals surface area contributed by atoms with E-state index < -0.39 is 5.92 Å². The first-order valence-corrected chi connectivity index (χ1v) is 9.17. The molecule has 0 aromatic heterocycles. The number of allylic oxidation sites excluding steroid dienone is 1. The Kier molecular flexibility index (Phi) is 5.27. The smallest absolute Gasteiger partial charge is 0.243 e. The van der Waals surface area contributed by atoms with Crippen molar-refractivity contribution in [3.05, 3.63) is 52.5 Å². The molecule has 1 atom stereocenters. The maximum Gasteiger partial charge on any atom is 0.243 e. The number of hydrogen-bond donors (Lipinski definition) is 0. The quantitative estimate of drug-likeness (QED) is 0.832. The number of likely N-dealkylation sites (tertiary alicyclic amines) is 1. The predicted molar refractivity (Wildman–Crippen MR) is 97.9 cm³/mol. The highest BCUT2D eigenvalue weighted by Gasteiger charge is 2.27. The number of para-hydroxylation sites is 1. The maximum absolute atomic E-state index is 12.7. The van der Waals surface area contributed by atoms with Crippen molar-refractivity contribution < 1.29 is 4.79 Å². The monoisotopic (exact) mass is 339 g/mol. The van der Waals surface area contributed by atoms with Gasteiger partial charge in [-0.15, -0.1) is 0 Å². The molecule has 4 nitrogen and oxygen atoms in total. The zero-order chi connectivity index (χ0) is 16.9. The van der Waals surface area contributed by atoms with Crippen LogP contribution in [0.1, 0.15) is 26.2 Å². The van der Waals surface area contributed by atoms with Crippen molar-refractivity contribution in [2.45, 2.75) is 26.2 Å². The van der Waals surface area contributed by atoms with Gasteiger partial charge in [-0.25, -0.2) is 0 Å². The fraction of sp³-hybridized carbons (Fsp3) is 0.368. The van der Waals surface area contributed by atoms with Gasteiger partial charge in [0.15, 0.2) is 0 Å². The Morgan fingerprint density at radius 3 is 2.62 bits per heavy atom. The molecule has 0 aliphatic carbocycles. The third kappa shape index (κ3) is 3.49. The number of benzene rings is 1. The number of carbonyl (C=O) groups excluding carboxylic acids is 1. The van der Waals surface area contributed by atoms with Crippen LogP contribution >= 0.6 is 11.8 Å². The number of thioether (sulfide) groups is 1. The maximum atomic E-state index is 12.7. The molecular formula is C19H21N3OS. The van der Waals surface area contributed by atoms with E-state index in [2.05, 4.69) is 16.4 Å². The molecular weight excluding hydrogens is 318 g/mol. The first kappa shape index (κ1) is 16.7. The van der Waals surface area contributed by atoms with Gasteiger partial charge in [0.2, 0.25) is 5.91 Å². The van der Waals surface area contributed by atoms with E-state index in [0.29, 0.717) is 0 Å². The van der Waals surface area contributed by atoms with Crippen LogP contribution in [0.3, 0.4) is 0 Å². The van der Waals surface area contributed by atoms with Crippen molar-refractivity contribution in [1.82, 2.24) is 4.90 Å². The topological polar surface area (TPSA) is 47.3 Å². The summed E-state index contributed by atoms with van der Waals surface area (Å²) < 4.78 is 0. The lowest BCUT2D eigenvalue weighted by Gasteiger charge is -2.28. The van der Waals surface area contributed by atoms with E-state index in [0.717, 1.165) is 42.3 Å². The zero-order valence-corrected chi connectivity index (χ0v) is 14.6. The number of piperidine rings is 1. The standard InChI is InChI=1S/C19H21N3OS/c1-15-14-24-18(22(15)17-8-4-2-5-9-17)12-16(13-20)19(23)21-10-6-3-7-11-21/h2,4-5,8-9,12,14,16H,3,6-7,10-11H2,1H3. The van der Waals surface area contributed by atoms with Gasteiger partial charge < -0.3 is 9.80 Å². The molecule has 0 spiro atoms. The van der Waals surface area contributed by atoms with Crippen LogP contribution in [0, 0.1) is 17.2 Å². The van der Waals surface area contributed by atoms with Crippen LogP contribution in [-0.4, -0.2) is 23.9 Å². The number of nitrogens with zero attached hydrogens (tertiary/aromatic N) is 3. The predicted octanol–water partition coefficient (Wildman–Crippen LogP) is 4.09. The Morgan fingerprint density at radius 1 is 1.25 bits per heavy atom. The Labute approximate surface area is 147 Å². The Bertz CT molecular complexity index is 699. The SMILES string of the molecule is CC1=CSC(=CC(C#N)C(=O)N2CCCCC2)N1c1ccccc1. The highest BCUT2D eigenvalue weighted by Crippen LogP contribution is 2.39. The van der Waals surface area contributed by atoms with E-state index in [4.69, 9.17) is 0 Å². The average molecular weight is 339 g/mol. The van der Waals surface area contributed by atoms with Crippen LogP contribution in [0.4, 0.5) is 5.69 Å². The van der Waals surface area contributed by atoms with E-state index in [1.54, 1.807) is 11.8 Å². The molecule has 2 aliphatic heterocycles. The lowest BCUT2D eigenvalue weighted by molar-refractivity contribution is -0.133. The molecule has 0 bridgehead atoms. The lowest BCUT2D eigenvalue weighted by atomic mass is 10.1. The first-order chi connectivity index (χ1) is 11.7. The summed E-state index contributed by atoms with van der Waals surface area (Å²) in [7, 11) is 0. The van der Waals surface area contributed by atoms with Gasteiger partial charge in [0.1, 0.15) is 5.92 Å². The number of amides is 1. The molecule has 1 fully saturated rings. The third-order valence-electron chi connectivity index (χ3n) is 4.32. The van der Waals surface area contributed by atoms with Crippen LogP contribution in [0.15, 0.2) is 52.5 Å². The summed E-state index contributed by atoms with van der Waals surface area (Å²) in [5, 5.41) is 12.5. The van der Waals surface area contributed by atoms with Crippen LogP contribution in [0.5, 0.6) is 0 Å². The number of rotatable bonds is 3. The molecule has 2 heterocycles. The minimum absolute atomic E-state index is 0.0668. The molecule has 1 amide bonds. The summed E-state index contributed by atoms with van der Waals surface area (Å²) in [6, 6.07) is 12.2. The first-order valence-electron chi connectivity index (χ1n) is 8.29. The molecule has 1 unspecified atom stereocenters. The molecule has 24 heavy (non-hydrogen) atoms. The van der Waals surface area contributed by atoms with E-state index >= 15 is 0 Å². The van der Waals surface area contributed by atoms with Crippen molar-refractivity contribution in [3.8, 4) is 6.07 Å². The molecule has 3 rings (SSSR count). The molecule has 1 aromatic carbocycles. The summed E-state index contributed by atoms with van der Waals surface area (Å²) in [6.45, 7) is 3.58. The van der Waals surface area contributed by atoms with E-state index in [9.17, 15) is 10.1 Å². The fourth-order valence-electron chi connectivity index (χ4n) is 3.06. The summed E-state index contributed by atoms with van der Waals surface area (Å²) in [5.41, 5.74) is 2.14. The van der Waals surface area contributed by atoms with Crippen LogP contribution < -0.4 is 4.90 Å². The van der Waals surface area contributed by atoms with Crippen molar-refractivity contribution in [1.29, 1.82) is 5.26 Å². The largest absolute Gasteiger partial charge is 0.341 e. The second kappa shape index (κ2) is 7.59. The second-order valence-electron chi connectivity index (χ2n) is 6.05. The average Bonchev–Trinajstić information content (AvgIpc) is 3.01. The van der Waals surface area contributed by atoms with Gasteiger partial charge in [0.05, 0.1) is 11.1 Å². The van der Waals surface area contributed by atoms with Crippen LogP contribution in [0.25, 0.3) is 0 Å². The van der Waals surface area contributed by atoms with Crippen molar-refractivity contribution in [2.24, 2.45) is 5.92 Å². The second-order valence-corrected chi connectivity index (χ2v) is 6.94. The van der Waals surface area contributed by atoms with E-state index in [1.165, 1.54) is 6.42 Å². The van der Waals surface area contributed by atoms with E-state index in [1.807, 2.05) is 48.2 Å². The minimum Gasteiger partial charge on any atom is -0.341 e. The Hall–Kier alpha value is -2.19. The Balaban J connectivity index is 1.82. The van der Waals surface area contributed by atoms with Gasteiger partial charge in [0, 0.05) is 24.5 Å². The van der Waals surface area contributed by atoms with Gasteiger partial charge in [-0.1, -0.05) is 30.0 Å². The molecule has 124 valence electrons. The van der Waals surface area contributed by atoms with Crippen LogP contribution in [-0.2, 0) is 4.79 Å². The van der Waals surface area contributed by atoms with Crippen LogP contribution in [0.2, 0.25) is 0 Å². The van der Waals surface area contributed by atoms with Gasteiger partial charge in [-0.05, 0) is 49.8 Å². The highest BCUT2D eigenvalue weighted by molar-refractivity contribution is 8.06. The van der Waals surface area contributed by atoms with Crippen molar-refractivity contribution >= 4 is 23.4 Å². The third-order valence-corrected chi connectivity index (χ3v) is 5.34. The lowest BCUT2D eigenvalue weighted by Crippen LogP contribution is -2.39. The zero-order valence-electron chi connectivity index (χ0n) is 13.8. The number of nitriles is 1. The van der Waals surface area contributed by atoms with Gasteiger partial charge in [-0.3, -0.25) is 4.79 Å². The van der Waals surface area contributed by atoms with Gasteiger partial charge >= 0.3 is 0 Å². The molecule has 5 heteroatoms. The minimum atomic E-state index is -0.726. The molecule has 0 N–H and O–H groups in total. The molecule has 0 saturated carbocycles. The van der Waals surface area contributed by atoms with Crippen molar-refractivity contribution in [2.75, 3.05) is 18.0 Å². The number of anilines is 1. The number of carbonyl (C=O) groups is 1. The van der Waals surface area contributed by atoms with Gasteiger partial charge in [0.25, 0.3) is 0 Å². The van der Waals surface area contributed by atoms with E-state index in [-0.39, 0.29) is 5.91 Å². The molecule has 1 saturated heterocycles. The summed E-state index contributed by atoms with van der Waals surface area (Å²) in [4.78, 5) is 16.6.